The number of hydrogen-bond donors (Lipinski definition) is 1. The highest BCUT2D eigenvalue weighted by Gasteiger charge is 2.19. The number of amides is 1. The van der Waals surface area contributed by atoms with Gasteiger partial charge in [0.2, 0.25) is 0 Å². The van der Waals surface area contributed by atoms with Crippen molar-refractivity contribution in [1.29, 1.82) is 0 Å². The molecular formula is C18H14ClN5O5. The second-order valence-corrected chi connectivity index (χ2v) is 6.20. The fraction of sp³-hybridized carbons (Fsp3) is 0.111. The molecule has 0 bridgehead atoms. The number of carbonyl (C=O) groups excluding carboxylic acids is 2. The Kier molecular flexibility index (Phi) is 5.84. The zero-order valence-corrected chi connectivity index (χ0v) is 15.8. The number of non-ortho nitro benzene ring substituents is 1. The molecule has 0 atom stereocenters. The number of nitrogens with one attached hydrogen (secondary N) is 1. The summed E-state index contributed by atoms with van der Waals surface area (Å²) < 4.78 is 6.48. The molecule has 0 unspecified atom stereocenters. The van der Waals surface area contributed by atoms with Crippen LogP contribution in [0.25, 0.3) is 5.82 Å². The molecule has 0 fully saturated rings. The van der Waals surface area contributed by atoms with Gasteiger partial charge in [0, 0.05) is 18.3 Å². The lowest BCUT2D eigenvalue weighted by Gasteiger charge is -2.08. The van der Waals surface area contributed by atoms with Gasteiger partial charge in [-0.3, -0.25) is 14.9 Å². The summed E-state index contributed by atoms with van der Waals surface area (Å²) in [5.74, 6) is -0.914. The number of esters is 1. The molecule has 0 saturated heterocycles. The van der Waals surface area contributed by atoms with E-state index in [1.54, 1.807) is 31.3 Å². The predicted octanol–water partition coefficient (Wildman–Crippen LogP) is 2.93. The molecule has 0 saturated carbocycles. The van der Waals surface area contributed by atoms with Crippen LogP contribution >= 0.6 is 11.6 Å². The van der Waals surface area contributed by atoms with Crippen LogP contribution in [-0.4, -0.2) is 38.2 Å². The highest BCUT2D eigenvalue weighted by atomic mass is 35.5. The molecule has 0 aliphatic heterocycles. The molecule has 29 heavy (non-hydrogen) atoms. The van der Waals surface area contributed by atoms with Crippen LogP contribution in [0.2, 0.25) is 5.02 Å². The fourth-order valence-corrected chi connectivity index (χ4v) is 2.60. The lowest BCUT2D eigenvalue weighted by atomic mass is 10.2. The van der Waals surface area contributed by atoms with Crippen molar-refractivity contribution in [2.75, 3.05) is 11.9 Å². The van der Waals surface area contributed by atoms with Gasteiger partial charge in [-0.2, -0.15) is 5.10 Å². The number of carbonyl (C=O) groups is 2. The maximum Gasteiger partial charge on any atom is 0.342 e. The molecule has 1 amide bonds. The van der Waals surface area contributed by atoms with Gasteiger partial charge < -0.3 is 10.1 Å². The van der Waals surface area contributed by atoms with Crippen LogP contribution in [0, 0.1) is 17.0 Å². The summed E-state index contributed by atoms with van der Waals surface area (Å²) in [7, 11) is 0. The maximum absolute atomic E-state index is 12.3. The first-order valence-corrected chi connectivity index (χ1v) is 8.61. The summed E-state index contributed by atoms with van der Waals surface area (Å²) in [6.07, 6.45) is 2.92. The van der Waals surface area contributed by atoms with Gasteiger partial charge >= 0.3 is 5.97 Å². The SMILES string of the molecule is Cc1c(C(=O)OCC(=O)Nc2cc([N+](=O)[O-])ccc2Cl)cnn1-c1ccccn1. The third kappa shape index (κ3) is 4.55. The van der Waals surface area contributed by atoms with E-state index >= 15 is 0 Å². The minimum absolute atomic E-state index is 0.0427. The first-order valence-electron chi connectivity index (χ1n) is 8.23. The third-order valence-corrected chi connectivity index (χ3v) is 4.19. The summed E-state index contributed by atoms with van der Waals surface area (Å²) in [4.78, 5) is 38.7. The van der Waals surface area contributed by atoms with Crippen LogP contribution in [0.4, 0.5) is 11.4 Å². The van der Waals surface area contributed by atoms with Crippen molar-refractivity contribution in [2.45, 2.75) is 6.92 Å². The number of ether oxygens (including phenoxy) is 1. The van der Waals surface area contributed by atoms with Gasteiger partial charge in [0.15, 0.2) is 12.4 Å². The first-order chi connectivity index (χ1) is 13.9. The Morgan fingerprint density at radius 1 is 1.31 bits per heavy atom. The molecule has 11 heteroatoms. The van der Waals surface area contributed by atoms with Crippen molar-refractivity contribution >= 4 is 34.9 Å². The van der Waals surface area contributed by atoms with Crippen LogP contribution < -0.4 is 5.32 Å². The molecule has 1 aromatic carbocycles. The van der Waals surface area contributed by atoms with Crippen molar-refractivity contribution in [1.82, 2.24) is 14.8 Å². The minimum atomic E-state index is -0.745. The molecule has 0 aliphatic rings. The number of rotatable bonds is 6. The molecule has 2 aromatic heterocycles. The topological polar surface area (TPSA) is 129 Å². The Bertz CT molecular complexity index is 1080. The first kappa shape index (κ1) is 20.0. The second kappa shape index (κ2) is 8.48. The van der Waals surface area contributed by atoms with E-state index in [2.05, 4.69) is 15.4 Å². The van der Waals surface area contributed by atoms with Crippen molar-refractivity contribution in [3.05, 3.63) is 75.2 Å². The molecule has 1 N–H and O–H groups in total. The normalized spacial score (nSPS) is 10.4. The van der Waals surface area contributed by atoms with E-state index < -0.39 is 23.4 Å². The lowest BCUT2D eigenvalue weighted by Crippen LogP contribution is -2.21. The summed E-state index contributed by atoms with van der Waals surface area (Å²) in [5, 5.41) is 17.4. The zero-order valence-electron chi connectivity index (χ0n) is 15.0. The summed E-state index contributed by atoms with van der Waals surface area (Å²) in [6.45, 7) is 1.06. The van der Waals surface area contributed by atoms with Gasteiger partial charge in [-0.1, -0.05) is 17.7 Å². The van der Waals surface area contributed by atoms with Crippen molar-refractivity contribution in [3.63, 3.8) is 0 Å². The van der Waals surface area contributed by atoms with E-state index in [0.717, 1.165) is 6.07 Å². The molecule has 3 rings (SSSR count). The van der Waals surface area contributed by atoms with Gasteiger partial charge in [0.1, 0.15) is 5.56 Å². The maximum atomic E-state index is 12.3. The molecule has 0 radical (unpaired) electrons. The largest absolute Gasteiger partial charge is 0.452 e. The van der Waals surface area contributed by atoms with E-state index in [1.165, 1.54) is 23.0 Å². The Morgan fingerprint density at radius 2 is 2.10 bits per heavy atom. The summed E-state index contributed by atoms with van der Waals surface area (Å²) in [6, 6.07) is 8.87. The Labute approximate surface area is 169 Å². The molecular weight excluding hydrogens is 402 g/mol. The van der Waals surface area contributed by atoms with Crippen LogP contribution in [0.3, 0.4) is 0 Å². The van der Waals surface area contributed by atoms with Crippen LogP contribution in [-0.2, 0) is 9.53 Å². The summed E-state index contributed by atoms with van der Waals surface area (Å²) in [5.41, 5.74) is 0.480. The molecule has 10 nitrogen and oxygen atoms in total. The van der Waals surface area contributed by atoms with Gasteiger partial charge in [0.05, 0.1) is 27.5 Å². The number of nitro benzene ring substituents is 1. The quantitative estimate of drug-likeness (QED) is 0.372. The highest BCUT2D eigenvalue weighted by molar-refractivity contribution is 6.33. The van der Waals surface area contributed by atoms with Crippen molar-refractivity contribution in [2.24, 2.45) is 0 Å². The average Bonchev–Trinajstić information content (AvgIpc) is 3.09. The zero-order chi connectivity index (χ0) is 21.0. The number of anilines is 1. The lowest BCUT2D eigenvalue weighted by molar-refractivity contribution is -0.384. The fourth-order valence-electron chi connectivity index (χ4n) is 2.44. The van der Waals surface area contributed by atoms with Gasteiger partial charge in [-0.05, 0) is 25.1 Å². The number of aromatic nitrogens is 3. The van der Waals surface area contributed by atoms with Crippen molar-refractivity contribution < 1.29 is 19.2 Å². The molecule has 2 heterocycles. The Balaban J connectivity index is 1.64. The highest BCUT2D eigenvalue weighted by Crippen LogP contribution is 2.26. The number of halogens is 1. The van der Waals surface area contributed by atoms with Crippen LogP contribution in [0.15, 0.2) is 48.8 Å². The molecule has 3 aromatic rings. The molecule has 0 aliphatic carbocycles. The van der Waals surface area contributed by atoms with E-state index in [-0.39, 0.29) is 22.0 Å². The van der Waals surface area contributed by atoms with Crippen LogP contribution in [0.5, 0.6) is 0 Å². The van der Waals surface area contributed by atoms with Crippen molar-refractivity contribution in [3.8, 4) is 5.82 Å². The number of pyridine rings is 1. The van der Waals surface area contributed by atoms with Gasteiger partial charge in [-0.15, -0.1) is 0 Å². The third-order valence-electron chi connectivity index (χ3n) is 3.87. The molecule has 148 valence electrons. The van der Waals surface area contributed by atoms with Crippen LogP contribution in [0.1, 0.15) is 16.1 Å². The predicted molar refractivity (Wildman–Crippen MR) is 103 cm³/mol. The number of nitro groups is 1. The number of nitrogens with zero attached hydrogens (tertiary/aromatic N) is 4. The van der Waals surface area contributed by atoms with Gasteiger partial charge in [-0.25, -0.2) is 14.5 Å². The Hall–Kier alpha value is -3.79. The number of hydrogen-bond acceptors (Lipinski definition) is 7. The number of benzene rings is 1. The smallest absolute Gasteiger partial charge is 0.342 e. The van der Waals surface area contributed by atoms with E-state index in [4.69, 9.17) is 16.3 Å². The standard InChI is InChI=1S/C18H14ClN5O5/c1-11-13(9-21-23(11)16-4-2-3-7-20-16)18(26)29-10-17(25)22-15-8-12(24(27)28)5-6-14(15)19/h2-9H,10H2,1H3,(H,22,25). The molecule has 0 spiro atoms. The van der Waals surface area contributed by atoms with E-state index in [1.807, 2.05) is 0 Å². The second-order valence-electron chi connectivity index (χ2n) is 5.79. The van der Waals surface area contributed by atoms with E-state index in [9.17, 15) is 19.7 Å². The Morgan fingerprint density at radius 3 is 2.79 bits per heavy atom. The summed E-state index contributed by atoms with van der Waals surface area (Å²) >= 11 is 5.92. The minimum Gasteiger partial charge on any atom is -0.452 e. The van der Waals surface area contributed by atoms with E-state index in [0.29, 0.717) is 11.5 Å². The average molecular weight is 416 g/mol. The van der Waals surface area contributed by atoms with Gasteiger partial charge in [0.25, 0.3) is 11.6 Å². The monoisotopic (exact) mass is 415 g/mol.